The van der Waals surface area contributed by atoms with Gasteiger partial charge in [-0.15, -0.1) is 11.3 Å². The van der Waals surface area contributed by atoms with E-state index in [1.54, 1.807) is 11.3 Å². The van der Waals surface area contributed by atoms with Gasteiger partial charge in [-0.2, -0.15) is 0 Å². The smallest absolute Gasteiger partial charge is 0.254 e. The van der Waals surface area contributed by atoms with Crippen molar-refractivity contribution < 1.29 is 9.53 Å². The van der Waals surface area contributed by atoms with Crippen LogP contribution in [0.4, 0.5) is 0 Å². The number of fused-ring (bicyclic) bond motifs is 1. The summed E-state index contributed by atoms with van der Waals surface area (Å²) >= 11 is 1.77. The molecule has 3 nitrogen and oxygen atoms in total. The van der Waals surface area contributed by atoms with Crippen molar-refractivity contribution in [2.24, 2.45) is 11.8 Å². The van der Waals surface area contributed by atoms with E-state index in [1.807, 2.05) is 0 Å². The van der Waals surface area contributed by atoms with E-state index in [1.165, 1.54) is 37.0 Å². The number of rotatable bonds is 2. The van der Waals surface area contributed by atoms with E-state index in [0.717, 1.165) is 56.5 Å². The van der Waals surface area contributed by atoms with Crippen LogP contribution in [0.2, 0.25) is 0 Å². The molecule has 4 rings (SSSR count). The van der Waals surface area contributed by atoms with Crippen LogP contribution in [0.5, 0.6) is 0 Å². The molecule has 1 saturated carbocycles. The first-order chi connectivity index (χ1) is 11.3. The van der Waals surface area contributed by atoms with E-state index in [9.17, 15) is 4.79 Å². The van der Waals surface area contributed by atoms with Gasteiger partial charge in [-0.3, -0.25) is 4.79 Å². The minimum absolute atomic E-state index is 0.267. The first kappa shape index (κ1) is 15.6. The molecular formula is C19H27NO2S. The highest BCUT2D eigenvalue weighted by atomic mass is 32.1. The Morgan fingerprint density at radius 1 is 1.09 bits per heavy atom. The van der Waals surface area contributed by atoms with Gasteiger partial charge in [0.1, 0.15) is 0 Å². The molecule has 126 valence electrons. The Labute approximate surface area is 143 Å². The number of hydrogen-bond donors (Lipinski definition) is 0. The van der Waals surface area contributed by atoms with Gasteiger partial charge in [0.05, 0.1) is 5.56 Å². The number of carbonyl (C=O) groups excluding carboxylic acids is 1. The number of thiophene rings is 1. The monoisotopic (exact) mass is 333 g/mol. The molecule has 1 aliphatic carbocycles. The molecule has 2 saturated heterocycles. The Morgan fingerprint density at radius 3 is 2.70 bits per heavy atom. The van der Waals surface area contributed by atoms with E-state index < -0.39 is 0 Å². The number of nitrogens with zero attached hydrogens (tertiary/aromatic N) is 1. The molecule has 3 heterocycles. The van der Waals surface area contributed by atoms with Crippen molar-refractivity contribution in [1.82, 2.24) is 4.90 Å². The molecule has 4 heteroatoms. The van der Waals surface area contributed by atoms with Crippen molar-refractivity contribution in [3.05, 3.63) is 21.9 Å². The van der Waals surface area contributed by atoms with E-state index >= 15 is 0 Å². The molecule has 0 bridgehead atoms. The fourth-order valence-electron chi connectivity index (χ4n) is 4.63. The Hall–Kier alpha value is -0.870. The molecule has 2 aliphatic heterocycles. The van der Waals surface area contributed by atoms with Crippen molar-refractivity contribution in [3.8, 4) is 0 Å². The van der Waals surface area contributed by atoms with Crippen LogP contribution in [-0.4, -0.2) is 37.1 Å². The molecule has 2 unspecified atom stereocenters. The summed E-state index contributed by atoms with van der Waals surface area (Å²) in [6.07, 6.45) is 8.88. The summed E-state index contributed by atoms with van der Waals surface area (Å²) in [5.41, 5.74) is 0.922. The fourth-order valence-corrected chi connectivity index (χ4v) is 5.68. The average Bonchev–Trinajstić information content (AvgIpc) is 3.11. The highest BCUT2D eigenvalue weighted by molar-refractivity contribution is 7.10. The molecule has 1 aromatic rings. The molecule has 0 N–H and O–H groups in total. The maximum atomic E-state index is 12.9. The van der Waals surface area contributed by atoms with Gasteiger partial charge in [-0.1, -0.05) is 19.3 Å². The van der Waals surface area contributed by atoms with Gasteiger partial charge in [0, 0.05) is 36.6 Å². The van der Waals surface area contributed by atoms with Crippen LogP contribution in [-0.2, 0) is 4.74 Å². The molecule has 0 aromatic carbocycles. The third-order valence-corrected chi connectivity index (χ3v) is 7.16. The van der Waals surface area contributed by atoms with Crippen LogP contribution in [0.25, 0.3) is 0 Å². The number of hydrogen-bond acceptors (Lipinski definition) is 3. The molecule has 3 fully saturated rings. The number of carbonyl (C=O) groups is 1. The van der Waals surface area contributed by atoms with Crippen LogP contribution >= 0.6 is 11.3 Å². The maximum absolute atomic E-state index is 12.9. The summed E-state index contributed by atoms with van der Waals surface area (Å²) in [4.78, 5) is 16.4. The van der Waals surface area contributed by atoms with Crippen molar-refractivity contribution in [2.75, 3.05) is 26.3 Å². The third-order valence-electron chi connectivity index (χ3n) is 6.07. The lowest BCUT2D eigenvalue weighted by Gasteiger charge is -2.41. The van der Waals surface area contributed by atoms with Gasteiger partial charge in [-0.05, 0) is 49.5 Å². The van der Waals surface area contributed by atoms with Crippen LogP contribution < -0.4 is 0 Å². The van der Waals surface area contributed by atoms with Crippen LogP contribution in [0.3, 0.4) is 0 Å². The highest BCUT2D eigenvalue weighted by Crippen LogP contribution is 2.37. The molecule has 1 amide bonds. The normalized spacial score (nSPS) is 29.3. The standard InChI is InChI=1S/C19H27NO2S/c21-19(20-8-5-14-3-1-2-4-16(14)12-20)17-11-18(23-13-17)15-6-9-22-10-7-15/h11,13-16H,1-10,12H2. The summed E-state index contributed by atoms with van der Waals surface area (Å²) in [5.74, 6) is 2.51. The quantitative estimate of drug-likeness (QED) is 0.808. The van der Waals surface area contributed by atoms with Crippen LogP contribution in [0.15, 0.2) is 11.4 Å². The van der Waals surface area contributed by atoms with Gasteiger partial charge in [0.25, 0.3) is 5.91 Å². The summed E-state index contributed by atoms with van der Waals surface area (Å²) in [6, 6.07) is 2.16. The molecular weight excluding hydrogens is 306 g/mol. The predicted molar refractivity (Wildman–Crippen MR) is 93.1 cm³/mol. The molecule has 3 aliphatic rings. The second kappa shape index (κ2) is 6.94. The van der Waals surface area contributed by atoms with Gasteiger partial charge in [0.2, 0.25) is 0 Å². The Balaban J connectivity index is 1.41. The molecule has 2 atom stereocenters. The van der Waals surface area contributed by atoms with E-state index in [4.69, 9.17) is 4.74 Å². The molecule has 1 aromatic heterocycles. The average molecular weight is 333 g/mol. The lowest BCUT2D eigenvalue weighted by molar-refractivity contribution is 0.0521. The van der Waals surface area contributed by atoms with Crippen LogP contribution in [0, 0.1) is 11.8 Å². The topological polar surface area (TPSA) is 29.5 Å². The van der Waals surface area contributed by atoms with Crippen molar-refractivity contribution >= 4 is 17.2 Å². The number of likely N-dealkylation sites (tertiary alicyclic amines) is 1. The van der Waals surface area contributed by atoms with Crippen LogP contribution in [0.1, 0.15) is 66.1 Å². The zero-order valence-corrected chi connectivity index (χ0v) is 14.7. The van der Waals surface area contributed by atoms with Crippen molar-refractivity contribution in [2.45, 2.75) is 50.9 Å². The summed E-state index contributed by atoms with van der Waals surface area (Å²) < 4.78 is 5.45. The third kappa shape index (κ3) is 3.34. The number of piperidine rings is 1. The summed E-state index contributed by atoms with van der Waals surface area (Å²) in [7, 11) is 0. The van der Waals surface area contributed by atoms with Crippen molar-refractivity contribution in [1.29, 1.82) is 0 Å². The second-order valence-electron chi connectivity index (χ2n) is 7.47. The van der Waals surface area contributed by atoms with E-state index in [2.05, 4.69) is 16.3 Å². The number of ether oxygens (including phenoxy) is 1. The second-order valence-corrected chi connectivity index (χ2v) is 8.41. The summed E-state index contributed by atoms with van der Waals surface area (Å²) in [6.45, 7) is 3.68. The molecule has 0 spiro atoms. The van der Waals surface area contributed by atoms with Gasteiger partial charge < -0.3 is 9.64 Å². The first-order valence-electron chi connectivity index (χ1n) is 9.26. The highest BCUT2D eigenvalue weighted by Gasteiger charge is 2.33. The first-order valence-corrected chi connectivity index (χ1v) is 10.1. The van der Waals surface area contributed by atoms with Gasteiger partial charge >= 0.3 is 0 Å². The van der Waals surface area contributed by atoms with E-state index in [0.29, 0.717) is 5.92 Å². The van der Waals surface area contributed by atoms with Gasteiger partial charge in [0.15, 0.2) is 0 Å². The minimum atomic E-state index is 0.267. The Morgan fingerprint density at radius 2 is 1.87 bits per heavy atom. The fraction of sp³-hybridized carbons (Fsp3) is 0.737. The SMILES string of the molecule is O=C(c1csc(C2CCOCC2)c1)N1CCC2CCCCC2C1. The molecule has 23 heavy (non-hydrogen) atoms. The zero-order valence-electron chi connectivity index (χ0n) is 13.8. The van der Waals surface area contributed by atoms with Gasteiger partial charge in [-0.25, -0.2) is 0 Å². The predicted octanol–water partition coefficient (Wildman–Crippen LogP) is 4.29. The molecule has 0 radical (unpaired) electrons. The lowest BCUT2D eigenvalue weighted by atomic mass is 9.75. The largest absolute Gasteiger partial charge is 0.381 e. The lowest BCUT2D eigenvalue weighted by Crippen LogP contribution is -2.44. The van der Waals surface area contributed by atoms with E-state index in [-0.39, 0.29) is 5.91 Å². The summed E-state index contributed by atoms with van der Waals surface area (Å²) in [5, 5.41) is 2.08. The zero-order chi connectivity index (χ0) is 15.6. The van der Waals surface area contributed by atoms with Crippen molar-refractivity contribution in [3.63, 3.8) is 0 Å². The Kier molecular flexibility index (Phi) is 4.72. The minimum Gasteiger partial charge on any atom is -0.381 e. The maximum Gasteiger partial charge on any atom is 0.254 e. The Bertz CT molecular complexity index is 549. The number of amides is 1.